The van der Waals surface area contributed by atoms with Crippen molar-refractivity contribution in [2.45, 2.75) is 38.1 Å². The SMILES string of the molecule is NC(=O)c1cnc(-c2ccc(C(=O)NC3CCCCC3)cc2)c2ccoc12. The van der Waals surface area contributed by atoms with Gasteiger partial charge in [-0.2, -0.15) is 0 Å². The molecule has 0 saturated heterocycles. The Kier molecular flexibility index (Phi) is 4.62. The Hall–Kier alpha value is -3.15. The van der Waals surface area contributed by atoms with Crippen LogP contribution in [0.5, 0.6) is 0 Å². The second-order valence-electron chi connectivity index (χ2n) is 6.93. The molecule has 2 aromatic heterocycles. The predicted molar refractivity (Wildman–Crippen MR) is 102 cm³/mol. The molecule has 1 saturated carbocycles. The van der Waals surface area contributed by atoms with E-state index in [0.29, 0.717) is 22.2 Å². The van der Waals surface area contributed by atoms with Crippen molar-refractivity contribution < 1.29 is 14.0 Å². The molecular weight excluding hydrogens is 342 g/mol. The number of carbonyl (C=O) groups excluding carboxylic acids is 2. The first-order chi connectivity index (χ1) is 13.1. The van der Waals surface area contributed by atoms with Gasteiger partial charge in [0.05, 0.1) is 12.0 Å². The first-order valence-electron chi connectivity index (χ1n) is 9.21. The van der Waals surface area contributed by atoms with Crippen molar-refractivity contribution in [3.63, 3.8) is 0 Å². The Morgan fingerprint density at radius 1 is 1.07 bits per heavy atom. The van der Waals surface area contributed by atoms with Crippen LogP contribution in [-0.2, 0) is 0 Å². The molecule has 27 heavy (non-hydrogen) atoms. The smallest absolute Gasteiger partial charge is 0.254 e. The average Bonchev–Trinajstić information content (AvgIpc) is 3.18. The minimum Gasteiger partial charge on any atom is -0.463 e. The summed E-state index contributed by atoms with van der Waals surface area (Å²) in [6, 6.07) is 9.34. The summed E-state index contributed by atoms with van der Waals surface area (Å²) in [5, 5.41) is 3.83. The first-order valence-corrected chi connectivity index (χ1v) is 9.21. The summed E-state index contributed by atoms with van der Waals surface area (Å²) < 4.78 is 5.41. The summed E-state index contributed by atoms with van der Waals surface area (Å²) in [7, 11) is 0. The zero-order valence-corrected chi connectivity index (χ0v) is 14.9. The number of carbonyl (C=O) groups is 2. The maximum absolute atomic E-state index is 12.5. The molecule has 0 radical (unpaired) electrons. The standard InChI is InChI=1S/C21H21N3O3/c22-20(25)17-12-23-18(16-10-11-27-19(16)17)13-6-8-14(9-7-13)21(26)24-15-4-2-1-3-5-15/h6-12,15H,1-5H2,(H2,22,25)(H,24,26). The van der Waals surface area contributed by atoms with Gasteiger partial charge in [-0.3, -0.25) is 14.6 Å². The molecule has 0 aliphatic heterocycles. The lowest BCUT2D eigenvalue weighted by Gasteiger charge is -2.22. The van der Waals surface area contributed by atoms with Crippen LogP contribution in [0.2, 0.25) is 0 Å². The second-order valence-corrected chi connectivity index (χ2v) is 6.93. The van der Waals surface area contributed by atoms with Crippen LogP contribution in [0.3, 0.4) is 0 Å². The summed E-state index contributed by atoms with van der Waals surface area (Å²) in [5.74, 6) is -0.623. The molecule has 6 heteroatoms. The minimum atomic E-state index is -0.580. The predicted octanol–water partition coefficient (Wildman–Crippen LogP) is 3.66. The van der Waals surface area contributed by atoms with Crippen LogP contribution in [0, 0.1) is 0 Å². The highest BCUT2D eigenvalue weighted by molar-refractivity contribution is 6.07. The monoisotopic (exact) mass is 363 g/mol. The van der Waals surface area contributed by atoms with Crippen molar-refractivity contribution in [3.05, 3.63) is 53.9 Å². The molecule has 6 nitrogen and oxygen atoms in total. The number of fused-ring (bicyclic) bond motifs is 1. The van der Waals surface area contributed by atoms with E-state index < -0.39 is 5.91 Å². The van der Waals surface area contributed by atoms with Gasteiger partial charge >= 0.3 is 0 Å². The van der Waals surface area contributed by atoms with Crippen molar-refractivity contribution in [1.29, 1.82) is 0 Å². The first kappa shape index (κ1) is 17.3. The highest BCUT2D eigenvalue weighted by Crippen LogP contribution is 2.29. The van der Waals surface area contributed by atoms with Gasteiger partial charge in [0.15, 0.2) is 0 Å². The van der Waals surface area contributed by atoms with Gasteiger partial charge in [-0.25, -0.2) is 0 Å². The molecule has 1 aromatic carbocycles. The summed E-state index contributed by atoms with van der Waals surface area (Å²) in [6.45, 7) is 0. The summed E-state index contributed by atoms with van der Waals surface area (Å²) >= 11 is 0. The Balaban J connectivity index is 1.58. The molecule has 3 aromatic rings. The van der Waals surface area contributed by atoms with Crippen molar-refractivity contribution in [1.82, 2.24) is 10.3 Å². The lowest BCUT2D eigenvalue weighted by molar-refractivity contribution is 0.0926. The maximum atomic E-state index is 12.5. The molecule has 4 rings (SSSR count). The van der Waals surface area contributed by atoms with Crippen LogP contribution >= 0.6 is 0 Å². The number of furan rings is 1. The zero-order chi connectivity index (χ0) is 18.8. The van der Waals surface area contributed by atoms with E-state index in [2.05, 4.69) is 10.3 Å². The number of nitrogens with zero attached hydrogens (tertiary/aromatic N) is 1. The van der Waals surface area contributed by atoms with Gasteiger partial charge in [-0.05, 0) is 31.0 Å². The number of pyridine rings is 1. The fourth-order valence-electron chi connectivity index (χ4n) is 3.66. The molecular formula is C21H21N3O3. The zero-order valence-electron chi connectivity index (χ0n) is 14.9. The van der Waals surface area contributed by atoms with Gasteiger partial charge in [0.1, 0.15) is 11.1 Å². The van der Waals surface area contributed by atoms with Crippen molar-refractivity contribution in [3.8, 4) is 11.3 Å². The highest BCUT2D eigenvalue weighted by Gasteiger charge is 2.18. The van der Waals surface area contributed by atoms with Crippen LogP contribution in [0.1, 0.15) is 52.8 Å². The number of aromatic nitrogens is 1. The number of primary amides is 1. The lowest BCUT2D eigenvalue weighted by atomic mass is 9.95. The number of benzene rings is 1. The molecule has 2 heterocycles. The van der Waals surface area contributed by atoms with Crippen LogP contribution in [0.4, 0.5) is 0 Å². The number of hydrogen-bond donors (Lipinski definition) is 2. The average molecular weight is 363 g/mol. The summed E-state index contributed by atoms with van der Waals surface area (Å²) in [5.41, 5.74) is 8.20. The highest BCUT2D eigenvalue weighted by atomic mass is 16.3. The van der Waals surface area contributed by atoms with Gasteiger partial charge < -0.3 is 15.5 Å². The molecule has 0 unspecified atom stereocenters. The summed E-state index contributed by atoms with van der Waals surface area (Å²) in [4.78, 5) is 28.4. The fourth-order valence-corrected chi connectivity index (χ4v) is 3.66. The third-order valence-corrected chi connectivity index (χ3v) is 5.11. The number of nitrogens with one attached hydrogen (secondary N) is 1. The van der Waals surface area contributed by atoms with Crippen molar-refractivity contribution in [2.75, 3.05) is 0 Å². The molecule has 1 aliphatic rings. The number of amides is 2. The summed E-state index contributed by atoms with van der Waals surface area (Å²) in [6.07, 6.45) is 8.65. The van der Waals surface area contributed by atoms with E-state index >= 15 is 0 Å². The molecule has 2 amide bonds. The van der Waals surface area contributed by atoms with E-state index in [4.69, 9.17) is 10.2 Å². The van der Waals surface area contributed by atoms with E-state index in [-0.39, 0.29) is 17.5 Å². The fraction of sp³-hybridized carbons (Fsp3) is 0.286. The van der Waals surface area contributed by atoms with Gasteiger partial charge in [-0.1, -0.05) is 31.4 Å². The van der Waals surface area contributed by atoms with E-state index in [1.54, 1.807) is 18.2 Å². The Morgan fingerprint density at radius 2 is 1.81 bits per heavy atom. The van der Waals surface area contributed by atoms with E-state index in [1.807, 2.05) is 12.1 Å². The quantitative estimate of drug-likeness (QED) is 0.739. The van der Waals surface area contributed by atoms with Gasteiger partial charge in [0, 0.05) is 28.8 Å². The third kappa shape index (κ3) is 3.43. The Bertz CT molecular complexity index is 986. The molecule has 1 aliphatic carbocycles. The number of hydrogen-bond acceptors (Lipinski definition) is 4. The molecule has 138 valence electrons. The van der Waals surface area contributed by atoms with Crippen LogP contribution < -0.4 is 11.1 Å². The van der Waals surface area contributed by atoms with E-state index in [9.17, 15) is 9.59 Å². The maximum Gasteiger partial charge on any atom is 0.254 e. The normalized spacial score (nSPS) is 15.0. The number of nitrogens with two attached hydrogens (primary N) is 1. The van der Waals surface area contributed by atoms with E-state index in [1.165, 1.54) is 31.7 Å². The largest absolute Gasteiger partial charge is 0.463 e. The topological polar surface area (TPSA) is 98.2 Å². The van der Waals surface area contributed by atoms with Crippen LogP contribution in [-0.4, -0.2) is 22.8 Å². The van der Waals surface area contributed by atoms with Gasteiger partial charge in [0.2, 0.25) is 0 Å². The van der Waals surface area contributed by atoms with E-state index in [0.717, 1.165) is 18.4 Å². The minimum absolute atomic E-state index is 0.0426. The molecule has 0 bridgehead atoms. The Labute approximate surface area is 156 Å². The van der Waals surface area contributed by atoms with Crippen LogP contribution in [0.15, 0.2) is 47.2 Å². The van der Waals surface area contributed by atoms with Gasteiger partial charge in [-0.15, -0.1) is 0 Å². The van der Waals surface area contributed by atoms with Crippen molar-refractivity contribution >= 4 is 22.8 Å². The molecule has 3 N–H and O–H groups in total. The van der Waals surface area contributed by atoms with Crippen molar-refractivity contribution in [2.24, 2.45) is 5.73 Å². The van der Waals surface area contributed by atoms with Crippen LogP contribution in [0.25, 0.3) is 22.2 Å². The molecule has 1 fully saturated rings. The molecule has 0 spiro atoms. The number of rotatable bonds is 4. The molecule has 0 atom stereocenters. The third-order valence-electron chi connectivity index (χ3n) is 5.11. The van der Waals surface area contributed by atoms with Gasteiger partial charge in [0.25, 0.3) is 11.8 Å². The second kappa shape index (κ2) is 7.23. The Morgan fingerprint density at radius 3 is 2.52 bits per heavy atom. The lowest BCUT2D eigenvalue weighted by Crippen LogP contribution is -2.36.